The Labute approximate surface area is 345 Å². The van der Waals surface area contributed by atoms with E-state index in [1.807, 2.05) is 82.4 Å². The van der Waals surface area contributed by atoms with Crippen LogP contribution in [-0.4, -0.2) is 34.9 Å². The largest absolute Gasteiger partial charge is 0.249 e. The molecular formula is C37H35N7S9. The average Bonchev–Trinajstić information content (AvgIpc) is 3.95. The van der Waals surface area contributed by atoms with E-state index >= 15 is 0 Å². The summed E-state index contributed by atoms with van der Waals surface area (Å²) in [5, 5.41) is 7.62. The average molecular weight is 866 g/mol. The van der Waals surface area contributed by atoms with E-state index in [4.69, 9.17) is 0 Å². The highest BCUT2D eigenvalue weighted by molar-refractivity contribution is 7.26. The number of hydrogen-bond donors (Lipinski definition) is 0. The molecule has 0 fully saturated rings. The minimum Gasteiger partial charge on any atom is -0.249 e. The van der Waals surface area contributed by atoms with Crippen LogP contribution in [0.4, 0.5) is 0 Å². The van der Waals surface area contributed by atoms with Gasteiger partial charge in [0.2, 0.25) is 0 Å². The second-order valence-electron chi connectivity index (χ2n) is 11.4. The Morgan fingerprint density at radius 2 is 0.604 bits per heavy atom. The van der Waals surface area contributed by atoms with Gasteiger partial charge in [-0.05, 0) is 79.7 Å². The molecule has 9 aromatic rings. The van der Waals surface area contributed by atoms with E-state index in [2.05, 4.69) is 86.8 Å². The Bertz CT molecular complexity index is 2140. The van der Waals surface area contributed by atoms with Crippen molar-refractivity contribution >= 4 is 102 Å². The molecule has 0 aliphatic rings. The lowest BCUT2D eigenvalue weighted by atomic mass is 10.4. The first-order valence-corrected chi connectivity index (χ1v) is 23.5. The zero-order valence-corrected chi connectivity index (χ0v) is 37.5. The molecule has 53 heavy (non-hydrogen) atoms. The molecule has 0 N–H and O–H groups in total. The predicted octanol–water partition coefficient (Wildman–Crippen LogP) is 13.9. The molecule has 16 heteroatoms. The van der Waals surface area contributed by atoms with Gasteiger partial charge in [0.15, 0.2) is 10.0 Å². The first-order chi connectivity index (χ1) is 25.5. The standard InChI is InChI=1S/C12H10N2S3.C9H9NS2.2C8H8N2S2/c1-7-3-4-9(15-7)12-14-6-11(17-12)10-5-13-8(2)16-10;1-6-3-4-8(11-6)9-5-10-7(2)12-9;1-5-9-3-7(11-5)8-4-10-6(2)12-8;1-5-3-9-7(11-5)8-10-4-6(2)12-8/h3-6H,1-2H3;3-5H,1-2H3;2*3-4H,1-2H3. The highest BCUT2D eigenvalue weighted by Gasteiger charge is 2.10. The number of aromatic nitrogens is 7. The third kappa shape index (κ3) is 11.2. The van der Waals surface area contributed by atoms with Crippen LogP contribution in [0, 0.1) is 55.4 Å². The minimum absolute atomic E-state index is 1.03. The summed E-state index contributed by atoms with van der Waals surface area (Å²) in [7, 11) is 0. The summed E-state index contributed by atoms with van der Waals surface area (Å²) in [6.45, 7) is 16.5. The van der Waals surface area contributed by atoms with Gasteiger partial charge < -0.3 is 0 Å². The van der Waals surface area contributed by atoms with Crippen molar-refractivity contribution in [2.24, 2.45) is 0 Å². The molecule has 9 rings (SSSR count). The second-order valence-corrected chi connectivity index (χ2v) is 22.4. The van der Waals surface area contributed by atoms with Crippen LogP contribution in [0.3, 0.4) is 0 Å². The third-order valence-electron chi connectivity index (χ3n) is 6.84. The van der Waals surface area contributed by atoms with E-state index < -0.39 is 0 Å². The van der Waals surface area contributed by atoms with Crippen LogP contribution >= 0.6 is 102 Å². The number of aryl methyl sites for hydroxylation is 8. The van der Waals surface area contributed by atoms with Crippen molar-refractivity contribution in [1.82, 2.24) is 34.9 Å². The smallest absolute Gasteiger partial charge is 0.152 e. The topological polar surface area (TPSA) is 90.2 Å². The van der Waals surface area contributed by atoms with Gasteiger partial charge in [-0.2, -0.15) is 0 Å². The van der Waals surface area contributed by atoms with Gasteiger partial charge in [-0.3, -0.25) is 0 Å². The van der Waals surface area contributed by atoms with Crippen molar-refractivity contribution in [3.8, 4) is 49.2 Å². The predicted molar refractivity (Wildman–Crippen MR) is 236 cm³/mol. The summed E-state index contributed by atoms with van der Waals surface area (Å²) in [4.78, 5) is 43.8. The van der Waals surface area contributed by atoms with Crippen molar-refractivity contribution < 1.29 is 0 Å². The van der Waals surface area contributed by atoms with Crippen LogP contribution in [0.2, 0.25) is 0 Å². The maximum absolute atomic E-state index is 4.49. The first kappa shape index (κ1) is 39.5. The molecule has 0 aromatic carbocycles. The summed E-state index contributed by atoms with van der Waals surface area (Å²) in [6.07, 6.45) is 13.4. The van der Waals surface area contributed by atoms with Crippen molar-refractivity contribution in [3.63, 3.8) is 0 Å². The lowest BCUT2D eigenvalue weighted by Crippen LogP contribution is -1.68. The van der Waals surface area contributed by atoms with Gasteiger partial charge in [0.25, 0.3) is 0 Å². The van der Waals surface area contributed by atoms with E-state index in [0.29, 0.717) is 0 Å². The summed E-state index contributed by atoms with van der Waals surface area (Å²) in [6, 6.07) is 8.58. The van der Waals surface area contributed by atoms with Gasteiger partial charge >= 0.3 is 0 Å². The second kappa shape index (κ2) is 18.4. The quantitative estimate of drug-likeness (QED) is 0.170. The van der Waals surface area contributed by atoms with Crippen LogP contribution in [-0.2, 0) is 0 Å². The van der Waals surface area contributed by atoms with Crippen LogP contribution < -0.4 is 0 Å². The van der Waals surface area contributed by atoms with E-state index in [1.165, 1.54) is 53.6 Å². The van der Waals surface area contributed by atoms with Gasteiger partial charge in [-0.1, -0.05) is 0 Å². The molecule has 0 unspecified atom stereocenters. The molecule has 9 aromatic heterocycles. The minimum atomic E-state index is 1.03. The van der Waals surface area contributed by atoms with E-state index in [9.17, 15) is 0 Å². The monoisotopic (exact) mass is 865 g/mol. The molecular weight excluding hydrogens is 831 g/mol. The molecule has 0 saturated carbocycles. The molecule has 0 aliphatic heterocycles. The summed E-state index contributed by atoms with van der Waals surface area (Å²) in [5.74, 6) is 0. The first-order valence-electron chi connectivity index (χ1n) is 16.1. The third-order valence-corrected chi connectivity index (χ3v) is 16.2. The normalized spacial score (nSPS) is 10.6. The molecule has 0 spiro atoms. The van der Waals surface area contributed by atoms with Crippen LogP contribution in [0.5, 0.6) is 0 Å². The Balaban J connectivity index is 0.000000123. The molecule has 9 heterocycles. The summed E-state index contributed by atoms with van der Waals surface area (Å²) < 4.78 is 0. The maximum Gasteiger partial charge on any atom is 0.152 e. The number of thiophene rings is 2. The van der Waals surface area contributed by atoms with Gasteiger partial charge in [0.05, 0.1) is 49.3 Å². The fourth-order valence-electron chi connectivity index (χ4n) is 4.43. The van der Waals surface area contributed by atoms with E-state index in [0.717, 1.165) is 35.1 Å². The van der Waals surface area contributed by atoms with Crippen LogP contribution in [0.25, 0.3) is 49.2 Å². The molecule has 272 valence electrons. The number of hydrogen-bond acceptors (Lipinski definition) is 16. The lowest BCUT2D eigenvalue weighted by molar-refractivity contribution is 1.29. The molecule has 0 aliphatic carbocycles. The van der Waals surface area contributed by atoms with E-state index in [-0.39, 0.29) is 0 Å². The molecule has 0 bridgehead atoms. The lowest BCUT2D eigenvalue weighted by Gasteiger charge is -1.87. The summed E-state index contributed by atoms with van der Waals surface area (Å²) in [5.41, 5.74) is 0. The fraction of sp³-hybridized carbons (Fsp3) is 0.216. The van der Waals surface area contributed by atoms with E-state index in [1.54, 1.807) is 90.7 Å². The van der Waals surface area contributed by atoms with Crippen LogP contribution in [0.1, 0.15) is 39.5 Å². The van der Waals surface area contributed by atoms with Crippen molar-refractivity contribution in [2.45, 2.75) is 55.4 Å². The number of rotatable bonds is 5. The Morgan fingerprint density at radius 1 is 0.264 bits per heavy atom. The fourth-order valence-corrected chi connectivity index (χ4v) is 12.0. The SMILES string of the molecule is Cc1ccc(-c2cnc(C)s2)s1.Cc1ccc(-c2ncc(-c3cnc(C)s3)s2)s1.Cc1cnc(-c2ncc(C)s2)s1.Cc1ncc(-c2cnc(C)s2)s1. The van der Waals surface area contributed by atoms with Crippen molar-refractivity contribution in [3.05, 3.63) is 107 Å². The molecule has 0 amide bonds. The van der Waals surface area contributed by atoms with Gasteiger partial charge in [-0.25, -0.2) is 34.9 Å². The van der Waals surface area contributed by atoms with Gasteiger partial charge in [-0.15, -0.1) is 102 Å². The number of thiazole rings is 7. The Kier molecular flexibility index (Phi) is 13.7. The Hall–Kier alpha value is -3.19. The van der Waals surface area contributed by atoms with Crippen LogP contribution in [0.15, 0.2) is 67.6 Å². The zero-order valence-electron chi connectivity index (χ0n) is 30.2. The molecule has 0 saturated heterocycles. The van der Waals surface area contributed by atoms with Crippen molar-refractivity contribution in [2.75, 3.05) is 0 Å². The number of nitrogens with zero attached hydrogens (tertiary/aromatic N) is 7. The highest BCUT2D eigenvalue weighted by atomic mass is 32.1. The van der Waals surface area contributed by atoms with Crippen molar-refractivity contribution in [1.29, 1.82) is 0 Å². The Morgan fingerprint density at radius 3 is 0.925 bits per heavy atom. The molecule has 7 nitrogen and oxygen atoms in total. The van der Waals surface area contributed by atoms with Gasteiger partial charge in [0, 0.05) is 67.8 Å². The zero-order chi connectivity index (χ0) is 37.5. The van der Waals surface area contributed by atoms with Gasteiger partial charge in [0.1, 0.15) is 5.01 Å². The molecule has 0 atom stereocenters. The maximum atomic E-state index is 4.49. The highest BCUT2D eigenvalue weighted by Crippen LogP contribution is 2.37. The molecule has 0 radical (unpaired) electrons. The summed E-state index contributed by atoms with van der Waals surface area (Å²) >= 11 is 15.6.